The molecule has 27 heavy (non-hydrogen) atoms. The highest BCUT2D eigenvalue weighted by Gasteiger charge is 2.33. The summed E-state index contributed by atoms with van der Waals surface area (Å²) in [7, 11) is -2.64. The normalized spacial score (nSPS) is 16.7. The molecule has 0 aromatic heterocycles. The van der Waals surface area contributed by atoms with E-state index in [2.05, 4.69) is 20.7 Å². The SMILES string of the molecule is CCC1Oc2cc(S(=O)(=O)Nc3ccc(F)cc3F)c(Br)cc2N(C)C1=O. The fraction of sp³-hybridized carbons (Fsp3) is 0.235. The van der Waals surface area contributed by atoms with Gasteiger partial charge >= 0.3 is 0 Å². The largest absolute Gasteiger partial charge is 0.478 e. The van der Waals surface area contributed by atoms with Gasteiger partial charge in [-0.15, -0.1) is 0 Å². The van der Waals surface area contributed by atoms with E-state index in [1.54, 1.807) is 14.0 Å². The molecule has 1 unspecified atom stereocenters. The smallest absolute Gasteiger partial charge is 0.267 e. The third-order valence-corrected chi connectivity index (χ3v) is 6.41. The van der Waals surface area contributed by atoms with Crippen LogP contribution in [-0.4, -0.2) is 27.5 Å². The summed E-state index contributed by atoms with van der Waals surface area (Å²) in [4.78, 5) is 13.4. The summed E-state index contributed by atoms with van der Waals surface area (Å²) in [6.07, 6.45) is -0.304. The third-order valence-electron chi connectivity index (χ3n) is 4.09. The summed E-state index contributed by atoms with van der Waals surface area (Å²) in [5.41, 5.74) is 0.0177. The van der Waals surface area contributed by atoms with Gasteiger partial charge in [-0.25, -0.2) is 17.2 Å². The molecule has 0 aliphatic carbocycles. The third kappa shape index (κ3) is 3.63. The number of sulfonamides is 1. The van der Waals surface area contributed by atoms with E-state index in [0.717, 1.165) is 12.1 Å². The molecule has 1 amide bonds. The number of benzene rings is 2. The number of likely N-dealkylation sites (N-methyl/N-ethyl adjacent to an activating group) is 1. The Morgan fingerprint density at radius 2 is 1.96 bits per heavy atom. The predicted octanol–water partition coefficient (Wildman–Crippen LogP) is 3.66. The molecule has 2 aromatic carbocycles. The maximum absolute atomic E-state index is 13.8. The number of amides is 1. The first-order valence-electron chi connectivity index (χ1n) is 7.89. The average Bonchev–Trinajstić information content (AvgIpc) is 2.60. The van der Waals surface area contributed by atoms with E-state index >= 15 is 0 Å². The van der Waals surface area contributed by atoms with Crippen LogP contribution < -0.4 is 14.4 Å². The number of halogens is 3. The lowest BCUT2D eigenvalue weighted by atomic mass is 10.1. The van der Waals surface area contributed by atoms with Crippen molar-refractivity contribution in [1.82, 2.24) is 0 Å². The second kappa shape index (κ2) is 7.08. The molecule has 0 bridgehead atoms. The fourth-order valence-electron chi connectivity index (χ4n) is 2.66. The Morgan fingerprint density at radius 1 is 1.26 bits per heavy atom. The minimum Gasteiger partial charge on any atom is -0.478 e. The lowest BCUT2D eigenvalue weighted by Gasteiger charge is -2.32. The molecule has 1 heterocycles. The van der Waals surface area contributed by atoms with Gasteiger partial charge < -0.3 is 9.64 Å². The first-order chi connectivity index (χ1) is 12.6. The summed E-state index contributed by atoms with van der Waals surface area (Å²) < 4.78 is 60.1. The van der Waals surface area contributed by atoms with Crippen molar-refractivity contribution in [2.24, 2.45) is 0 Å². The maximum atomic E-state index is 13.8. The Bertz CT molecular complexity index is 1030. The summed E-state index contributed by atoms with van der Waals surface area (Å²) in [5, 5.41) is 0. The van der Waals surface area contributed by atoms with Crippen LogP contribution >= 0.6 is 15.9 Å². The van der Waals surface area contributed by atoms with E-state index in [1.165, 1.54) is 17.0 Å². The van der Waals surface area contributed by atoms with Gasteiger partial charge in [0.1, 0.15) is 22.3 Å². The highest BCUT2D eigenvalue weighted by Crippen LogP contribution is 2.40. The van der Waals surface area contributed by atoms with E-state index < -0.39 is 27.8 Å². The average molecular weight is 461 g/mol. The van der Waals surface area contributed by atoms with Crippen LogP contribution in [0.5, 0.6) is 5.75 Å². The minimum absolute atomic E-state index is 0.162. The standard InChI is InChI=1S/C17H15BrF2N2O4S/c1-3-14-17(23)22(2)13-7-10(18)16(8-15(13)26-14)27(24,25)21-12-5-4-9(19)6-11(12)20/h4-8,14,21H,3H2,1-2H3. The highest BCUT2D eigenvalue weighted by atomic mass is 79.9. The highest BCUT2D eigenvalue weighted by molar-refractivity contribution is 9.10. The van der Waals surface area contributed by atoms with Gasteiger partial charge in [0.15, 0.2) is 6.10 Å². The van der Waals surface area contributed by atoms with Gasteiger partial charge in [-0.2, -0.15) is 0 Å². The molecule has 0 spiro atoms. The monoisotopic (exact) mass is 460 g/mol. The van der Waals surface area contributed by atoms with Crippen LogP contribution in [0.2, 0.25) is 0 Å². The van der Waals surface area contributed by atoms with Crippen LogP contribution in [0.1, 0.15) is 13.3 Å². The van der Waals surface area contributed by atoms with Crippen LogP contribution in [0.15, 0.2) is 39.7 Å². The number of nitrogens with zero attached hydrogens (tertiary/aromatic N) is 1. The Balaban J connectivity index is 2.03. The van der Waals surface area contributed by atoms with E-state index in [1.807, 2.05) is 0 Å². The predicted molar refractivity (Wildman–Crippen MR) is 99.4 cm³/mol. The molecule has 1 N–H and O–H groups in total. The molecule has 1 aliphatic rings. The zero-order valence-electron chi connectivity index (χ0n) is 14.3. The molecule has 1 aliphatic heterocycles. The lowest BCUT2D eigenvalue weighted by molar-refractivity contribution is -0.126. The van der Waals surface area contributed by atoms with Crippen LogP contribution in [0.3, 0.4) is 0 Å². The van der Waals surface area contributed by atoms with Crippen LogP contribution in [0, 0.1) is 11.6 Å². The Hall–Kier alpha value is -2.20. The van der Waals surface area contributed by atoms with Crippen molar-refractivity contribution < 1.29 is 26.7 Å². The van der Waals surface area contributed by atoms with Crippen molar-refractivity contribution >= 4 is 43.2 Å². The molecule has 10 heteroatoms. The molecule has 6 nitrogen and oxygen atoms in total. The molecule has 0 radical (unpaired) electrons. The Labute approximate surface area is 163 Å². The molecule has 144 valence electrons. The number of nitrogens with one attached hydrogen (secondary N) is 1. The minimum atomic E-state index is -4.21. The topological polar surface area (TPSA) is 75.7 Å². The Kier molecular flexibility index (Phi) is 5.13. The van der Waals surface area contributed by atoms with E-state index in [0.29, 0.717) is 18.2 Å². The maximum Gasteiger partial charge on any atom is 0.267 e. The summed E-state index contributed by atoms with van der Waals surface area (Å²) in [6, 6.07) is 5.21. The van der Waals surface area contributed by atoms with Crippen molar-refractivity contribution in [2.75, 3.05) is 16.7 Å². The molecular weight excluding hydrogens is 446 g/mol. The van der Waals surface area contributed by atoms with Crippen molar-refractivity contribution in [3.63, 3.8) is 0 Å². The van der Waals surface area contributed by atoms with Gasteiger partial charge in [0.25, 0.3) is 15.9 Å². The van der Waals surface area contributed by atoms with Crippen molar-refractivity contribution in [3.05, 3.63) is 46.4 Å². The van der Waals surface area contributed by atoms with Crippen molar-refractivity contribution in [2.45, 2.75) is 24.3 Å². The number of fused-ring (bicyclic) bond motifs is 1. The number of carbonyl (C=O) groups excluding carboxylic acids is 1. The molecular formula is C17H15BrF2N2O4S. The van der Waals surface area contributed by atoms with Gasteiger partial charge in [-0.3, -0.25) is 9.52 Å². The number of hydrogen-bond acceptors (Lipinski definition) is 4. The van der Waals surface area contributed by atoms with Gasteiger partial charge in [0, 0.05) is 23.7 Å². The first-order valence-corrected chi connectivity index (χ1v) is 10.2. The zero-order valence-corrected chi connectivity index (χ0v) is 16.7. The fourth-order valence-corrected chi connectivity index (χ4v) is 4.77. The van der Waals surface area contributed by atoms with Gasteiger partial charge in [-0.1, -0.05) is 6.92 Å². The quantitative estimate of drug-likeness (QED) is 0.755. The number of hydrogen-bond donors (Lipinski definition) is 1. The lowest BCUT2D eigenvalue weighted by Crippen LogP contribution is -2.43. The summed E-state index contributed by atoms with van der Waals surface area (Å²) in [6.45, 7) is 1.77. The van der Waals surface area contributed by atoms with Crippen molar-refractivity contribution in [1.29, 1.82) is 0 Å². The summed E-state index contributed by atoms with van der Waals surface area (Å²) >= 11 is 3.17. The van der Waals surface area contributed by atoms with E-state index in [-0.39, 0.29) is 26.7 Å². The molecule has 2 aromatic rings. The Morgan fingerprint density at radius 3 is 2.59 bits per heavy atom. The molecule has 0 saturated carbocycles. The van der Waals surface area contributed by atoms with Gasteiger partial charge in [0.2, 0.25) is 0 Å². The van der Waals surface area contributed by atoms with Gasteiger partial charge in [0.05, 0.1) is 11.4 Å². The molecule has 3 rings (SSSR count). The van der Waals surface area contributed by atoms with E-state index in [4.69, 9.17) is 4.74 Å². The van der Waals surface area contributed by atoms with Crippen LogP contribution in [0.4, 0.5) is 20.2 Å². The van der Waals surface area contributed by atoms with Gasteiger partial charge in [-0.05, 0) is 40.5 Å². The number of rotatable bonds is 4. The van der Waals surface area contributed by atoms with Crippen molar-refractivity contribution in [3.8, 4) is 5.75 Å². The van der Waals surface area contributed by atoms with E-state index in [9.17, 15) is 22.0 Å². The zero-order chi connectivity index (χ0) is 19.9. The van der Waals surface area contributed by atoms with Crippen LogP contribution in [-0.2, 0) is 14.8 Å². The second-order valence-electron chi connectivity index (χ2n) is 5.89. The van der Waals surface area contributed by atoms with Crippen LogP contribution in [0.25, 0.3) is 0 Å². The molecule has 0 fully saturated rings. The summed E-state index contributed by atoms with van der Waals surface area (Å²) in [5.74, 6) is -1.89. The number of anilines is 2. The number of ether oxygens (including phenoxy) is 1. The molecule has 0 saturated heterocycles. The second-order valence-corrected chi connectivity index (χ2v) is 8.40. The molecule has 1 atom stereocenters. The first kappa shape index (κ1) is 19.6. The number of carbonyl (C=O) groups is 1.